The molecule has 2 nitrogen and oxygen atoms in total. The van der Waals surface area contributed by atoms with E-state index in [-0.39, 0.29) is 0 Å². The average Bonchev–Trinajstić information content (AvgIpc) is 1.27. The zero-order valence-corrected chi connectivity index (χ0v) is 5.40. The van der Waals surface area contributed by atoms with Crippen LogP contribution in [-0.2, 0) is 4.79 Å². The lowest BCUT2D eigenvalue weighted by atomic mass is 10.5. The van der Waals surface area contributed by atoms with Crippen LogP contribution in [0.5, 0.6) is 0 Å². The summed E-state index contributed by atoms with van der Waals surface area (Å²) in [6.07, 6.45) is 1.08. The van der Waals surface area contributed by atoms with Gasteiger partial charge in [-0.1, -0.05) is 15.9 Å². The Balaban J connectivity index is 3.68. The monoisotopic (exact) mass is 164 g/mol. The molecule has 0 bridgehead atoms. The molecule has 3 heteroatoms. The Morgan fingerprint density at radius 2 is 2.29 bits per heavy atom. The molecule has 0 aromatic carbocycles. The highest BCUT2D eigenvalue weighted by Gasteiger charge is 1.85. The van der Waals surface area contributed by atoms with Crippen LogP contribution in [0.2, 0.25) is 0 Å². The molecule has 0 aliphatic rings. The summed E-state index contributed by atoms with van der Waals surface area (Å²) in [6, 6.07) is 0. The van der Waals surface area contributed by atoms with Crippen molar-refractivity contribution in [2.45, 2.75) is 6.92 Å². The fourth-order valence-corrected chi connectivity index (χ4v) is 0.366. The molecule has 0 atom stereocenters. The second-order valence-corrected chi connectivity index (χ2v) is 2.32. The zero-order chi connectivity index (χ0) is 5.86. The normalized spacial score (nSPS) is 11.4. The molecule has 0 amide bonds. The van der Waals surface area contributed by atoms with Crippen molar-refractivity contribution in [1.29, 1.82) is 0 Å². The van der Waals surface area contributed by atoms with Crippen molar-refractivity contribution in [3.63, 3.8) is 0 Å². The molecule has 0 saturated carbocycles. The summed E-state index contributed by atoms with van der Waals surface area (Å²) in [5.41, 5.74) is 0. The summed E-state index contributed by atoms with van der Waals surface area (Å²) in [4.78, 5) is 9.70. The van der Waals surface area contributed by atoms with Gasteiger partial charge in [-0.2, -0.15) is 0 Å². The molecular formula is C4H5BrO2. The van der Waals surface area contributed by atoms with E-state index >= 15 is 0 Å². The highest BCUT2D eigenvalue weighted by atomic mass is 79.9. The molecule has 0 saturated heterocycles. The first-order valence-corrected chi connectivity index (χ1v) is 2.49. The largest absolute Gasteiger partial charge is 0.478 e. The molecule has 0 aliphatic carbocycles. The molecule has 0 aliphatic heterocycles. The van der Waals surface area contributed by atoms with Gasteiger partial charge in [0.1, 0.15) is 0 Å². The van der Waals surface area contributed by atoms with Gasteiger partial charge in [0.2, 0.25) is 0 Å². The molecular weight excluding hydrogens is 160 g/mol. The Morgan fingerprint density at radius 1 is 1.86 bits per heavy atom. The zero-order valence-electron chi connectivity index (χ0n) is 3.81. The first-order chi connectivity index (χ1) is 3.13. The van der Waals surface area contributed by atoms with Crippen molar-refractivity contribution in [3.05, 3.63) is 10.6 Å². The van der Waals surface area contributed by atoms with Crippen molar-refractivity contribution in [1.82, 2.24) is 0 Å². The summed E-state index contributed by atoms with van der Waals surface area (Å²) in [7, 11) is 0. The Kier molecular flexibility index (Phi) is 2.67. The SMILES string of the molecule is C/C(Br)=C/C(=O)O. The van der Waals surface area contributed by atoms with Gasteiger partial charge in [0.05, 0.1) is 0 Å². The van der Waals surface area contributed by atoms with Gasteiger partial charge in [-0.3, -0.25) is 0 Å². The summed E-state index contributed by atoms with van der Waals surface area (Å²) in [6.45, 7) is 1.66. The maximum absolute atomic E-state index is 9.70. The number of allylic oxidation sites excluding steroid dienone is 1. The average molecular weight is 165 g/mol. The smallest absolute Gasteiger partial charge is 0.329 e. The van der Waals surface area contributed by atoms with Crippen LogP contribution in [-0.4, -0.2) is 11.1 Å². The van der Waals surface area contributed by atoms with E-state index in [0.717, 1.165) is 6.08 Å². The van der Waals surface area contributed by atoms with Crippen LogP contribution in [0.3, 0.4) is 0 Å². The van der Waals surface area contributed by atoms with Gasteiger partial charge in [0, 0.05) is 6.08 Å². The highest BCUT2D eigenvalue weighted by Crippen LogP contribution is 1.99. The van der Waals surface area contributed by atoms with E-state index in [9.17, 15) is 4.79 Å². The molecule has 0 radical (unpaired) electrons. The second-order valence-electron chi connectivity index (χ2n) is 1.07. The van der Waals surface area contributed by atoms with Gasteiger partial charge in [-0.05, 0) is 11.4 Å². The molecule has 0 heterocycles. The first kappa shape index (κ1) is 6.69. The molecule has 40 valence electrons. The summed E-state index contributed by atoms with van der Waals surface area (Å²) < 4.78 is 0.625. The third-order valence-corrected chi connectivity index (χ3v) is 0.551. The standard InChI is InChI=1S/C4H5BrO2/c1-3(5)2-4(6)7/h2H,1H3,(H,6,7)/b3-2-. The Morgan fingerprint density at radius 3 is 2.29 bits per heavy atom. The van der Waals surface area contributed by atoms with E-state index in [4.69, 9.17) is 5.11 Å². The quantitative estimate of drug-likeness (QED) is 0.595. The first-order valence-electron chi connectivity index (χ1n) is 1.69. The van der Waals surface area contributed by atoms with Crippen molar-refractivity contribution in [2.24, 2.45) is 0 Å². The van der Waals surface area contributed by atoms with Crippen LogP contribution < -0.4 is 0 Å². The predicted molar refractivity (Wildman–Crippen MR) is 30.3 cm³/mol. The van der Waals surface area contributed by atoms with Crippen molar-refractivity contribution in [2.75, 3.05) is 0 Å². The molecule has 7 heavy (non-hydrogen) atoms. The Bertz CT molecular complexity index is 102. The topological polar surface area (TPSA) is 37.3 Å². The number of carboxylic acids is 1. The van der Waals surface area contributed by atoms with Gasteiger partial charge in [0.25, 0.3) is 0 Å². The molecule has 0 aromatic heterocycles. The lowest BCUT2D eigenvalue weighted by Gasteiger charge is -1.77. The van der Waals surface area contributed by atoms with Gasteiger partial charge >= 0.3 is 5.97 Å². The van der Waals surface area contributed by atoms with Crippen molar-refractivity contribution >= 4 is 21.9 Å². The lowest BCUT2D eigenvalue weighted by molar-refractivity contribution is -0.131. The summed E-state index contributed by atoms with van der Waals surface area (Å²) in [5, 5.41) is 7.98. The number of rotatable bonds is 1. The molecule has 0 fully saturated rings. The molecule has 1 N–H and O–H groups in total. The van der Waals surface area contributed by atoms with E-state index in [0.29, 0.717) is 4.48 Å². The van der Waals surface area contributed by atoms with Crippen LogP contribution in [0.4, 0.5) is 0 Å². The van der Waals surface area contributed by atoms with Gasteiger partial charge < -0.3 is 5.11 Å². The fraction of sp³-hybridized carbons (Fsp3) is 0.250. The highest BCUT2D eigenvalue weighted by molar-refractivity contribution is 9.11. The predicted octanol–water partition coefficient (Wildman–Crippen LogP) is 1.37. The van der Waals surface area contributed by atoms with E-state index in [1.165, 1.54) is 0 Å². The second kappa shape index (κ2) is 2.80. The van der Waals surface area contributed by atoms with Crippen LogP contribution >= 0.6 is 15.9 Å². The Labute approximate surface area is 50.0 Å². The number of aliphatic carboxylic acids is 1. The third kappa shape index (κ3) is 5.69. The molecule has 0 unspecified atom stereocenters. The minimum absolute atomic E-state index is 0.625. The molecule has 0 spiro atoms. The lowest BCUT2D eigenvalue weighted by Crippen LogP contribution is -1.85. The maximum Gasteiger partial charge on any atom is 0.329 e. The van der Waals surface area contributed by atoms with E-state index in [2.05, 4.69) is 15.9 Å². The maximum atomic E-state index is 9.70. The number of hydrogen-bond acceptors (Lipinski definition) is 1. The van der Waals surface area contributed by atoms with Crippen LogP contribution in [0.25, 0.3) is 0 Å². The van der Waals surface area contributed by atoms with Crippen LogP contribution in [0.15, 0.2) is 10.6 Å². The minimum atomic E-state index is -0.922. The van der Waals surface area contributed by atoms with Crippen molar-refractivity contribution < 1.29 is 9.90 Å². The number of carbonyl (C=O) groups is 1. The van der Waals surface area contributed by atoms with Gasteiger partial charge in [-0.15, -0.1) is 0 Å². The number of hydrogen-bond donors (Lipinski definition) is 1. The van der Waals surface area contributed by atoms with Crippen LogP contribution in [0, 0.1) is 0 Å². The van der Waals surface area contributed by atoms with Gasteiger partial charge in [-0.25, -0.2) is 4.79 Å². The summed E-state index contributed by atoms with van der Waals surface area (Å²) in [5.74, 6) is -0.922. The third-order valence-electron chi connectivity index (χ3n) is 0.322. The van der Waals surface area contributed by atoms with E-state index < -0.39 is 5.97 Å². The molecule has 0 rings (SSSR count). The van der Waals surface area contributed by atoms with Crippen LogP contribution in [0.1, 0.15) is 6.92 Å². The summed E-state index contributed by atoms with van der Waals surface area (Å²) >= 11 is 2.96. The number of carboxylic acid groups (broad SMARTS) is 1. The van der Waals surface area contributed by atoms with E-state index in [1.54, 1.807) is 6.92 Å². The van der Waals surface area contributed by atoms with Crippen molar-refractivity contribution in [3.8, 4) is 0 Å². The van der Waals surface area contributed by atoms with Gasteiger partial charge in [0.15, 0.2) is 0 Å². The fourth-order valence-electron chi connectivity index (χ4n) is 0.170. The Hall–Kier alpha value is -0.310. The number of halogens is 1. The van der Waals surface area contributed by atoms with E-state index in [1.807, 2.05) is 0 Å². The molecule has 0 aromatic rings. The minimum Gasteiger partial charge on any atom is -0.478 e.